The first-order valence-electron chi connectivity index (χ1n) is 6.82. The molecule has 1 amide bonds. The van der Waals surface area contributed by atoms with Gasteiger partial charge in [0.25, 0.3) is 5.91 Å². The fourth-order valence-corrected chi connectivity index (χ4v) is 2.61. The van der Waals surface area contributed by atoms with Gasteiger partial charge in [0.15, 0.2) is 0 Å². The van der Waals surface area contributed by atoms with Gasteiger partial charge in [0, 0.05) is 31.2 Å². The minimum absolute atomic E-state index is 0.00528. The molecule has 1 aliphatic heterocycles. The topological polar surface area (TPSA) is 23.6 Å². The van der Waals surface area contributed by atoms with Crippen LogP contribution >= 0.6 is 0 Å². The quantitative estimate of drug-likeness (QED) is 0.818. The van der Waals surface area contributed by atoms with E-state index in [9.17, 15) is 9.18 Å². The van der Waals surface area contributed by atoms with E-state index in [1.54, 1.807) is 19.1 Å². The maximum atomic E-state index is 13.2. The summed E-state index contributed by atoms with van der Waals surface area (Å²) in [6.07, 6.45) is 0. The lowest BCUT2D eigenvalue weighted by Gasteiger charge is -2.39. The Balaban J connectivity index is 2.10. The number of likely N-dealkylation sites (N-methyl/N-ethyl adjacent to an activating group) is 1. The van der Waals surface area contributed by atoms with Gasteiger partial charge in [-0.05, 0) is 44.2 Å². The Labute approximate surface area is 114 Å². The van der Waals surface area contributed by atoms with Crippen molar-refractivity contribution in [2.75, 3.05) is 26.2 Å². The minimum atomic E-state index is -0.263. The molecule has 1 aromatic carbocycles. The lowest BCUT2D eigenvalue weighted by atomic mass is 10.1. The minimum Gasteiger partial charge on any atom is -0.336 e. The van der Waals surface area contributed by atoms with Gasteiger partial charge in [0.05, 0.1) is 0 Å². The largest absolute Gasteiger partial charge is 0.336 e. The van der Waals surface area contributed by atoms with Crippen molar-refractivity contribution in [2.45, 2.75) is 26.8 Å². The summed E-state index contributed by atoms with van der Waals surface area (Å²) in [5.74, 6) is -0.258. The van der Waals surface area contributed by atoms with E-state index in [2.05, 4.69) is 18.7 Å². The number of rotatable bonds is 2. The van der Waals surface area contributed by atoms with Crippen LogP contribution in [0.3, 0.4) is 0 Å². The second-order valence-corrected chi connectivity index (χ2v) is 5.19. The van der Waals surface area contributed by atoms with Gasteiger partial charge in [-0.2, -0.15) is 0 Å². The van der Waals surface area contributed by atoms with Crippen LogP contribution in [-0.2, 0) is 0 Å². The van der Waals surface area contributed by atoms with E-state index >= 15 is 0 Å². The molecule has 0 aliphatic carbocycles. The zero-order valence-corrected chi connectivity index (χ0v) is 11.8. The summed E-state index contributed by atoms with van der Waals surface area (Å²) in [6, 6.07) is 4.95. The van der Waals surface area contributed by atoms with Crippen molar-refractivity contribution in [3.05, 3.63) is 35.1 Å². The van der Waals surface area contributed by atoms with Gasteiger partial charge in [-0.15, -0.1) is 0 Å². The Bertz CT molecular complexity index is 475. The van der Waals surface area contributed by atoms with E-state index in [0.717, 1.165) is 26.2 Å². The second kappa shape index (κ2) is 5.70. The molecule has 0 spiro atoms. The zero-order valence-electron chi connectivity index (χ0n) is 11.8. The number of halogens is 1. The Morgan fingerprint density at radius 2 is 2.16 bits per heavy atom. The summed E-state index contributed by atoms with van der Waals surface area (Å²) in [7, 11) is 0. The van der Waals surface area contributed by atoms with Crippen LogP contribution in [0.25, 0.3) is 0 Å². The number of carbonyl (C=O) groups is 1. The first-order valence-corrected chi connectivity index (χ1v) is 6.82. The van der Waals surface area contributed by atoms with E-state index in [1.807, 2.05) is 4.90 Å². The van der Waals surface area contributed by atoms with Crippen LogP contribution in [0.15, 0.2) is 18.2 Å². The highest BCUT2D eigenvalue weighted by molar-refractivity contribution is 5.94. The molecule has 104 valence electrons. The molecule has 1 aromatic rings. The summed E-state index contributed by atoms with van der Waals surface area (Å²) in [5.41, 5.74) is 1.10. The highest BCUT2D eigenvalue weighted by atomic mass is 19.1. The molecule has 19 heavy (non-hydrogen) atoms. The number of hydrogen-bond acceptors (Lipinski definition) is 2. The smallest absolute Gasteiger partial charge is 0.253 e. The SMILES string of the molecule is CCN1CCN(C(=O)c2ccc(F)c(C)c2)CC1C. The van der Waals surface area contributed by atoms with E-state index in [0.29, 0.717) is 17.2 Å². The molecule has 3 nitrogen and oxygen atoms in total. The average Bonchev–Trinajstić information content (AvgIpc) is 2.41. The first-order chi connectivity index (χ1) is 9.02. The molecule has 4 heteroatoms. The van der Waals surface area contributed by atoms with Gasteiger partial charge in [0.2, 0.25) is 0 Å². The number of aryl methyl sites for hydroxylation is 1. The summed E-state index contributed by atoms with van der Waals surface area (Å²) in [4.78, 5) is 16.6. The summed E-state index contributed by atoms with van der Waals surface area (Å²) in [6.45, 7) is 9.36. The van der Waals surface area contributed by atoms with Gasteiger partial charge >= 0.3 is 0 Å². The van der Waals surface area contributed by atoms with Crippen LogP contribution in [0.1, 0.15) is 29.8 Å². The van der Waals surface area contributed by atoms with Gasteiger partial charge in [-0.25, -0.2) is 4.39 Å². The zero-order chi connectivity index (χ0) is 14.0. The van der Waals surface area contributed by atoms with Gasteiger partial charge in [-0.1, -0.05) is 6.92 Å². The Kier molecular flexibility index (Phi) is 4.20. The van der Waals surface area contributed by atoms with E-state index < -0.39 is 0 Å². The molecule has 1 unspecified atom stereocenters. The van der Waals surface area contributed by atoms with E-state index in [-0.39, 0.29) is 11.7 Å². The lowest BCUT2D eigenvalue weighted by molar-refractivity contribution is 0.0528. The number of amides is 1. The number of carbonyl (C=O) groups excluding carboxylic acids is 1. The number of piperazine rings is 1. The van der Waals surface area contributed by atoms with Gasteiger partial charge in [-0.3, -0.25) is 9.69 Å². The summed E-state index contributed by atoms with van der Waals surface area (Å²) in [5, 5.41) is 0. The average molecular weight is 264 g/mol. The molecule has 1 atom stereocenters. The standard InChI is InChI=1S/C15H21FN2O/c1-4-17-7-8-18(10-12(17)3)15(19)13-5-6-14(16)11(2)9-13/h5-6,9,12H,4,7-8,10H2,1-3H3. The van der Waals surface area contributed by atoms with Crippen molar-refractivity contribution in [1.29, 1.82) is 0 Å². The van der Waals surface area contributed by atoms with Crippen molar-refractivity contribution in [3.8, 4) is 0 Å². The molecule has 0 N–H and O–H groups in total. The molecule has 1 heterocycles. The molecular weight excluding hydrogens is 243 g/mol. The maximum Gasteiger partial charge on any atom is 0.253 e. The van der Waals surface area contributed by atoms with E-state index in [4.69, 9.17) is 0 Å². The van der Waals surface area contributed by atoms with Crippen LogP contribution in [0, 0.1) is 12.7 Å². The predicted octanol–water partition coefficient (Wildman–Crippen LogP) is 2.30. The Hall–Kier alpha value is -1.42. The number of hydrogen-bond donors (Lipinski definition) is 0. The Morgan fingerprint density at radius 1 is 1.42 bits per heavy atom. The fourth-order valence-electron chi connectivity index (χ4n) is 2.61. The molecule has 0 bridgehead atoms. The first kappa shape index (κ1) is 14.0. The molecule has 2 rings (SSSR count). The fraction of sp³-hybridized carbons (Fsp3) is 0.533. The van der Waals surface area contributed by atoms with Crippen LogP contribution in [0.2, 0.25) is 0 Å². The second-order valence-electron chi connectivity index (χ2n) is 5.19. The highest BCUT2D eigenvalue weighted by Crippen LogP contribution is 2.15. The lowest BCUT2D eigenvalue weighted by Crippen LogP contribution is -2.53. The van der Waals surface area contributed by atoms with E-state index in [1.165, 1.54) is 6.07 Å². The molecule has 0 saturated carbocycles. The molecule has 0 radical (unpaired) electrons. The molecule has 1 fully saturated rings. The van der Waals surface area contributed by atoms with Crippen molar-refractivity contribution in [1.82, 2.24) is 9.80 Å². The number of nitrogens with zero attached hydrogens (tertiary/aromatic N) is 2. The molecule has 1 aliphatic rings. The van der Waals surface area contributed by atoms with Crippen LogP contribution in [0.5, 0.6) is 0 Å². The van der Waals surface area contributed by atoms with Crippen LogP contribution < -0.4 is 0 Å². The molecule has 0 aromatic heterocycles. The van der Waals surface area contributed by atoms with Crippen LogP contribution in [0.4, 0.5) is 4.39 Å². The summed E-state index contributed by atoms with van der Waals surface area (Å²) < 4.78 is 13.2. The normalized spacial score (nSPS) is 20.6. The maximum absolute atomic E-state index is 13.2. The van der Waals surface area contributed by atoms with Crippen molar-refractivity contribution >= 4 is 5.91 Å². The monoisotopic (exact) mass is 264 g/mol. The third kappa shape index (κ3) is 2.95. The third-order valence-corrected chi connectivity index (χ3v) is 3.86. The Morgan fingerprint density at radius 3 is 2.74 bits per heavy atom. The number of benzene rings is 1. The van der Waals surface area contributed by atoms with Crippen molar-refractivity contribution in [2.24, 2.45) is 0 Å². The predicted molar refractivity (Wildman–Crippen MR) is 73.7 cm³/mol. The van der Waals surface area contributed by atoms with Crippen molar-refractivity contribution < 1.29 is 9.18 Å². The van der Waals surface area contributed by atoms with Gasteiger partial charge in [0.1, 0.15) is 5.82 Å². The van der Waals surface area contributed by atoms with Gasteiger partial charge < -0.3 is 4.90 Å². The molecule has 1 saturated heterocycles. The molecular formula is C15H21FN2O. The third-order valence-electron chi connectivity index (χ3n) is 3.86. The van der Waals surface area contributed by atoms with Crippen molar-refractivity contribution in [3.63, 3.8) is 0 Å². The summed E-state index contributed by atoms with van der Waals surface area (Å²) >= 11 is 0. The van der Waals surface area contributed by atoms with Crippen LogP contribution in [-0.4, -0.2) is 47.9 Å². The highest BCUT2D eigenvalue weighted by Gasteiger charge is 2.26.